The van der Waals surface area contributed by atoms with Gasteiger partial charge in [-0.2, -0.15) is 5.26 Å². The first-order valence-electron chi connectivity index (χ1n) is 7.82. The van der Waals surface area contributed by atoms with Crippen molar-refractivity contribution in [3.63, 3.8) is 0 Å². The summed E-state index contributed by atoms with van der Waals surface area (Å²) in [6.45, 7) is 1.67. The van der Waals surface area contributed by atoms with Gasteiger partial charge in [0.05, 0.1) is 5.56 Å². The van der Waals surface area contributed by atoms with Gasteiger partial charge in [0, 0.05) is 18.7 Å². The molecule has 0 spiro atoms. The Hall–Kier alpha value is -2.80. The summed E-state index contributed by atoms with van der Waals surface area (Å²) in [6.07, 6.45) is 3.35. The van der Waals surface area contributed by atoms with Crippen molar-refractivity contribution in [2.45, 2.75) is 19.3 Å². The molecule has 0 saturated carbocycles. The molecule has 0 radical (unpaired) electrons. The fourth-order valence-corrected chi connectivity index (χ4v) is 2.89. The van der Waals surface area contributed by atoms with Gasteiger partial charge in [-0.3, -0.25) is 4.79 Å². The molecule has 2 aromatic carbocycles. The minimum absolute atomic E-state index is 0.0292. The molecule has 23 heavy (non-hydrogen) atoms. The monoisotopic (exact) mass is 306 g/mol. The third-order valence-electron chi connectivity index (χ3n) is 4.23. The number of hydrogen-bond donors (Lipinski definition) is 1. The van der Waals surface area contributed by atoms with Gasteiger partial charge in [0.15, 0.2) is 0 Å². The maximum atomic E-state index is 12.4. The van der Waals surface area contributed by atoms with Crippen molar-refractivity contribution in [3.05, 3.63) is 53.6 Å². The highest BCUT2D eigenvalue weighted by molar-refractivity contribution is 5.94. The first-order valence-corrected chi connectivity index (χ1v) is 7.82. The summed E-state index contributed by atoms with van der Waals surface area (Å²) < 4.78 is 0. The summed E-state index contributed by atoms with van der Waals surface area (Å²) in [4.78, 5) is 14.3. The Kier molecular flexibility index (Phi) is 4.29. The van der Waals surface area contributed by atoms with Crippen molar-refractivity contribution < 1.29 is 9.90 Å². The number of nitriles is 1. The fraction of sp³-hybridized carbons (Fsp3) is 0.263. The highest BCUT2D eigenvalue weighted by atomic mass is 16.3. The van der Waals surface area contributed by atoms with Crippen LogP contribution in [0.4, 0.5) is 0 Å². The third kappa shape index (κ3) is 3.19. The summed E-state index contributed by atoms with van der Waals surface area (Å²) in [6, 6.07) is 14.3. The zero-order valence-electron chi connectivity index (χ0n) is 12.8. The van der Waals surface area contributed by atoms with Crippen LogP contribution < -0.4 is 0 Å². The minimum Gasteiger partial charge on any atom is -0.507 e. The van der Waals surface area contributed by atoms with Gasteiger partial charge in [-0.25, -0.2) is 0 Å². The topological polar surface area (TPSA) is 64.3 Å². The molecule has 0 unspecified atom stereocenters. The van der Waals surface area contributed by atoms with E-state index in [1.54, 1.807) is 18.2 Å². The van der Waals surface area contributed by atoms with E-state index in [1.807, 2.05) is 35.2 Å². The van der Waals surface area contributed by atoms with Crippen LogP contribution in [-0.2, 0) is 0 Å². The molecule has 116 valence electrons. The smallest absolute Gasteiger partial charge is 0.253 e. The standard InChI is InChI=1S/C19H18N2O2/c20-13-17-9-8-16(12-18(17)22)14-4-6-15(7-5-14)19(23)21-10-2-1-3-11-21/h4-9,12,22H,1-3,10-11H2. The zero-order valence-corrected chi connectivity index (χ0v) is 12.8. The highest BCUT2D eigenvalue weighted by Gasteiger charge is 2.18. The van der Waals surface area contributed by atoms with Gasteiger partial charge >= 0.3 is 0 Å². The number of rotatable bonds is 2. The minimum atomic E-state index is -0.0292. The number of hydrogen-bond acceptors (Lipinski definition) is 3. The molecule has 3 rings (SSSR count). The van der Waals surface area contributed by atoms with E-state index in [2.05, 4.69) is 0 Å². The second-order valence-corrected chi connectivity index (χ2v) is 5.77. The van der Waals surface area contributed by atoms with Crippen molar-refractivity contribution in [1.29, 1.82) is 5.26 Å². The van der Waals surface area contributed by atoms with Gasteiger partial charge in [-0.1, -0.05) is 18.2 Å². The number of carbonyl (C=O) groups is 1. The van der Waals surface area contributed by atoms with Crippen LogP contribution in [-0.4, -0.2) is 29.0 Å². The van der Waals surface area contributed by atoms with E-state index in [4.69, 9.17) is 5.26 Å². The molecule has 1 aliphatic rings. The molecule has 4 nitrogen and oxygen atoms in total. The van der Waals surface area contributed by atoms with Gasteiger partial charge in [0.1, 0.15) is 11.8 Å². The summed E-state index contributed by atoms with van der Waals surface area (Å²) >= 11 is 0. The molecule has 1 N–H and O–H groups in total. The van der Waals surface area contributed by atoms with Crippen molar-refractivity contribution >= 4 is 5.91 Å². The number of piperidine rings is 1. The number of carbonyl (C=O) groups excluding carboxylic acids is 1. The Bertz CT molecular complexity index is 754. The van der Waals surface area contributed by atoms with Crippen LogP contribution in [0.2, 0.25) is 0 Å². The molecule has 1 aliphatic heterocycles. The van der Waals surface area contributed by atoms with Gasteiger partial charge < -0.3 is 10.0 Å². The van der Waals surface area contributed by atoms with Crippen molar-refractivity contribution in [1.82, 2.24) is 4.90 Å². The van der Waals surface area contributed by atoms with E-state index in [-0.39, 0.29) is 17.2 Å². The van der Waals surface area contributed by atoms with E-state index in [1.165, 1.54) is 6.42 Å². The Balaban J connectivity index is 1.80. The molecule has 1 heterocycles. The van der Waals surface area contributed by atoms with E-state index in [0.29, 0.717) is 5.56 Å². The predicted octanol–water partition coefficient (Wildman–Crippen LogP) is 3.56. The fourth-order valence-electron chi connectivity index (χ4n) is 2.89. The molecule has 0 atom stereocenters. The summed E-state index contributed by atoms with van der Waals surface area (Å²) in [5.74, 6) is 0.0531. The number of amides is 1. The number of phenols is 1. The van der Waals surface area contributed by atoms with Crippen LogP contribution in [0.25, 0.3) is 11.1 Å². The molecule has 4 heteroatoms. The summed E-state index contributed by atoms with van der Waals surface area (Å²) in [5.41, 5.74) is 2.66. The quantitative estimate of drug-likeness (QED) is 0.922. The van der Waals surface area contributed by atoms with Crippen molar-refractivity contribution in [2.24, 2.45) is 0 Å². The van der Waals surface area contributed by atoms with Crippen LogP contribution in [0.3, 0.4) is 0 Å². The lowest BCUT2D eigenvalue weighted by Gasteiger charge is -2.26. The molecule has 2 aromatic rings. The Morgan fingerprint density at radius 3 is 2.26 bits per heavy atom. The molecular formula is C19H18N2O2. The third-order valence-corrected chi connectivity index (χ3v) is 4.23. The average Bonchev–Trinajstić information content (AvgIpc) is 2.62. The van der Waals surface area contributed by atoms with Crippen molar-refractivity contribution in [2.75, 3.05) is 13.1 Å². The number of phenolic OH excluding ortho intramolecular Hbond substituents is 1. The van der Waals surface area contributed by atoms with Crippen molar-refractivity contribution in [3.8, 4) is 22.9 Å². The van der Waals surface area contributed by atoms with Crippen LogP contribution >= 0.6 is 0 Å². The maximum absolute atomic E-state index is 12.4. The highest BCUT2D eigenvalue weighted by Crippen LogP contribution is 2.26. The summed E-state index contributed by atoms with van der Waals surface area (Å²) in [7, 11) is 0. The first-order chi connectivity index (χ1) is 11.2. The van der Waals surface area contributed by atoms with E-state index in [0.717, 1.165) is 37.1 Å². The molecular weight excluding hydrogens is 288 g/mol. The van der Waals surface area contributed by atoms with Crippen LogP contribution in [0.15, 0.2) is 42.5 Å². The largest absolute Gasteiger partial charge is 0.507 e. The van der Waals surface area contributed by atoms with Gasteiger partial charge in [0.2, 0.25) is 0 Å². The SMILES string of the molecule is N#Cc1ccc(-c2ccc(C(=O)N3CCCCC3)cc2)cc1O. The van der Waals surface area contributed by atoms with Gasteiger partial charge in [-0.15, -0.1) is 0 Å². The number of benzene rings is 2. The Morgan fingerprint density at radius 2 is 1.65 bits per heavy atom. The normalized spacial score (nSPS) is 14.3. The van der Waals surface area contributed by atoms with Crippen LogP contribution in [0.1, 0.15) is 35.2 Å². The molecule has 0 bridgehead atoms. The van der Waals surface area contributed by atoms with Crippen LogP contribution in [0.5, 0.6) is 5.75 Å². The average molecular weight is 306 g/mol. The molecule has 0 aromatic heterocycles. The lowest BCUT2D eigenvalue weighted by atomic mass is 10.0. The van der Waals surface area contributed by atoms with E-state index in [9.17, 15) is 9.90 Å². The van der Waals surface area contributed by atoms with Gasteiger partial charge in [-0.05, 0) is 54.7 Å². The van der Waals surface area contributed by atoms with Crippen LogP contribution in [0, 0.1) is 11.3 Å². The zero-order chi connectivity index (χ0) is 16.2. The first kappa shape index (κ1) is 15.1. The molecule has 0 aliphatic carbocycles. The Morgan fingerprint density at radius 1 is 1.00 bits per heavy atom. The van der Waals surface area contributed by atoms with Gasteiger partial charge in [0.25, 0.3) is 5.91 Å². The Labute approximate surface area is 135 Å². The van der Waals surface area contributed by atoms with E-state index < -0.39 is 0 Å². The number of nitrogens with zero attached hydrogens (tertiary/aromatic N) is 2. The predicted molar refractivity (Wildman–Crippen MR) is 88.0 cm³/mol. The lowest BCUT2D eigenvalue weighted by Crippen LogP contribution is -2.35. The molecule has 1 saturated heterocycles. The summed E-state index contributed by atoms with van der Waals surface area (Å²) in [5, 5.41) is 18.6. The van der Waals surface area contributed by atoms with E-state index >= 15 is 0 Å². The lowest BCUT2D eigenvalue weighted by molar-refractivity contribution is 0.0724. The number of aromatic hydroxyl groups is 1. The molecule has 1 fully saturated rings. The number of likely N-dealkylation sites (tertiary alicyclic amines) is 1. The maximum Gasteiger partial charge on any atom is 0.253 e. The second kappa shape index (κ2) is 6.53. The molecule has 1 amide bonds. The second-order valence-electron chi connectivity index (χ2n) is 5.77.